The molecule has 0 atom stereocenters. The number of nitrogens with zero attached hydrogens (tertiary/aromatic N) is 1. The minimum Gasteiger partial charge on any atom is -0.465 e. The Hall–Kier alpha value is -1.55. The van der Waals surface area contributed by atoms with Crippen molar-refractivity contribution < 1.29 is 22.3 Å². The molecule has 0 radical (unpaired) electrons. The Morgan fingerprint density at radius 3 is 2.75 bits per heavy atom. The topological polar surface area (TPSA) is 87.7 Å². The molecule has 1 aromatic rings. The Balaban J connectivity index is 1.99. The summed E-state index contributed by atoms with van der Waals surface area (Å²) in [5.74, 6) is -1.56. The van der Waals surface area contributed by atoms with Crippen molar-refractivity contribution in [3.05, 3.63) is 29.6 Å². The van der Waals surface area contributed by atoms with Gasteiger partial charge >= 0.3 is 5.97 Å². The molecule has 0 amide bonds. The van der Waals surface area contributed by atoms with Gasteiger partial charge in [-0.05, 0) is 31.2 Å². The number of methoxy groups -OCH3 is 1. The van der Waals surface area contributed by atoms with E-state index in [2.05, 4.69) is 19.7 Å². The van der Waals surface area contributed by atoms with Crippen LogP contribution in [0.5, 0.6) is 0 Å². The number of hydrogen-bond acceptors (Lipinski definition) is 6. The van der Waals surface area contributed by atoms with Gasteiger partial charge in [-0.3, -0.25) is 0 Å². The zero-order valence-corrected chi connectivity index (χ0v) is 14.4. The lowest BCUT2D eigenvalue weighted by atomic mass is 10.2. The maximum absolute atomic E-state index is 13.4. The lowest BCUT2D eigenvalue weighted by Crippen LogP contribution is -2.44. The molecule has 1 aliphatic rings. The van der Waals surface area contributed by atoms with Crippen LogP contribution < -0.4 is 10.0 Å². The molecule has 0 aliphatic carbocycles. The van der Waals surface area contributed by atoms with Crippen LogP contribution in [0, 0.1) is 5.82 Å². The van der Waals surface area contributed by atoms with Crippen LogP contribution in [-0.4, -0.2) is 65.7 Å². The molecule has 1 fully saturated rings. The van der Waals surface area contributed by atoms with Crippen molar-refractivity contribution in [1.29, 1.82) is 0 Å². The van der Waals surface area contributed by atoms with Crippen LogP contribution >= 0.6 is 0 Å². The first kappa shape index (κ1) is 18.8. The maximum Gasteiger partial charge on any atom is 0.339 e. The number of sulfonamides is 1. The molecule has 1 heterocycles. The van der Waals surface area contributed by atoms with Gasteiger partial charge in [-0.15, -0.1) is 0 Å². The fourth-order valence-electron chi connectivity index (χ4n) is 2.52. The van der Waals surface area contributed by atoms with E-state index in [0.29, 0.717) is 6.42 Å². The van der Waals surface area contributed by atoms with E-state index in [1.54, 1.807) is 0 Å². The number of carbonyl (C=O) groups is 1. The number of nitrogens with one attached hydrogen (secondary N) is 2. The minimum absolute atomic E-state index is 0.187. The Morgan fingerprint density at radius 1 is 1.38 bits per heavy atom. The summed E-state index contributed by atoms with van der Waals surface area (Å²) in [5.41, 5.74) is -0.187. The van der Waals surface area contributed by atoms with Gasteiger partial charge < -0.3 is 15.0 Å². The normalized spacial score (nSPS) is 16.1. The lowest BCUT2D eigenvalue weighted by Gasteiger charge is -2.27. The van der Waals surface area contributed by atoms with Crippen molar-refractivity contribution in [3.8, 4) is 0 Å². The van der Waals surface area contributed by atoms with Gasteiger partial charge in [-0.2, -0.15) is 0 Å². The number of carbonyl (C=O) groups excluding carboxylic acids is 1. The molecule has 2 rings (SSSR count). The summed E-state index contributed by atoms with van der Waals surface area (Å²) >= 11 is 0. The number of piperazine rings is 1. The zero-order valence-electron chi connectivity index (χ0n) is 13.5. The van der Waals surface area contributed by atoms with Gasteiger partial charge in [0.1, 0.15) is 5.82 Å². The molecule has 0 bridgehead atoms. The summed E-state index contributed by atoms with van der Waals surface area (Å²) < 4.78 is 45.1. The molecule has 0 saturated carbocycles. The molecule has 7 nitrogen and oxygen atoms in total. The molecule has 9 heteroatoms. The summed E-state index contributed by atoms with van der Waals surface area (Å²) in [5, 5.41) is 3.25. The van der Waals surface area contributed by atoms with E-state index in [9.17, 15) is 17.6 Å². The molecule has 24 heavy (non-hydrogen) atoms. The van der Waals surface area contributed by atoms with Gasteiger partial charge in [-0.25, -0.2) is 22.3 Å². The van der Waals surface area contributed by atoms with Crippen molar-refractivity contribution in [3.63, 3.8) is 0 Å². The summed E-state index contributed by atoms with van der Waals surface area (Å²) in [6.45, 7) is 4.71. The first-order valence-electron chi connectivity index (χ1n) is 7.74. The molecule has 1 aliphatic heterocycles. The van der Waals surface area contributed by atoms with Crippen LogP contribution in [0.3, 0.4) is 0 Å². The number of benzene rings is 1. The Bertz CT molecular complexity index is 675. The Kier molecular flexibility index (Phi) is 6.67. The van der Waals surface area contributed by atoms with Crippen molar-refractivity contribution in [2.75, 3.05) is 46.4 Å². The second-order valence-electron chi connectivity index (χ2n) is 5.48. The predicted octanol–water partition coefficient (Wildman–Crippen LogP) is 0.186. The molecule has 0 unspecified atom stereocenters. The first-order chi connectivity index (χ1) is 11.4. The van der Waals surface area contributed by atoms with E-state index in [1.165, 1.54) is 0 Å². The highest BCUT2D eigenvalue weighted by atomic mass is 32.2. The van der Waals surface area contributed by atoms with Crippen LogP contribution in [0.1, 0.15) is 16.8 Å². The molecule has 0 spiro atoms. The summed E-state index contributed by atoms with van der Waals surface area (Å²) in [6, 6.07) is 2.96. The first-order valence-corrected chi connectivity index (χ1v) is 9.23. The molecule has 134 valence electrons. The quantitative estimate of drug-likeness (QED) is 0.534. The maximum atomic E-state index is 13.4. The largest absolute Gasteiger partial charge is 0.465 e. The fraction of sp³-hybridized carbons (Fsp3) is 0.533. The molecular weight excluding hydrogens is 337 g/mol. The Morgan fingerprint density at radius 2 is 2.08 bits per heavy atom. The van der Waals surface area contributed by atoms with Gasteiger partial charge in [-0.1, -0.05) is 0 Å². The summed E-state index contributed by atoms with van der Waals surface area (Å²) in [6.07, 6.45) is 0.627. The second-order valence-corrected chi connectivity index (χ2v) is 7.21. The molecule has 0 aromatic heterocycles. The van der Waals surface area contributed by atoms with E-state index in [0.717, 1.165) is 58.0 Å². The van der Waals surface area contributed by atoms with E-state index in [-0.39, 0.29) is 12.1 Å². The minimum atomic E-state index is -3.99. The highest BCUT2D eigenvalue weighted by Crippen LogP contribution is 2.18. The highest BCUT2D eigenvalue weighted by molar-refractivity contribution is 7.89. The third kappa shape index (κ3) is 4.97. The number of ether oxygens (including phenoxy) is 1. The smallest absolute Gasteiger partial charge is 0.339 e. The molecule has 2 N–H and O–H groups in total. The average Bonchev–Trinajstić information content (AvgIpc) is 2.59. The third-order valence-electron chi connectivity index (χ3n) is 3.79. The summed E-state index contributed by atoms with van der Waals surface area (Å²) in [4.78, 5) is 13.5. The highest BCUT2D eigenvalue weighted by Gasteiger charge is 2.23. The van der Waals surface area contributed by atoms with Crippen LogP contribution in [0.25, 0.3) is 0 Å². The van der Waals surface area contributed by atoms with Crippen molar-refractivity contribution in [2.45, 2.75) is 11.3 Å². The van der Waals surface area contributed by atoms with E-state index in [1.807, 2.05) is 0 Å². The van der Waals surface area contributed by atoms with Crippen molar-refractivity contribution >= 4 is 16.0 Å². The van der Waals surface area contributed by atoms with Crippen LogP contribution in [0.4, 0.5) is 4.39 Å². The SMILES string of the molecule is COC(=O)c1ccc(F)cc1S(=O)(=O)NCCCN1CCNCC1. The Labute approximate surface area is 141 Å². The standard InChI is InChI=1S/C15H22FN3O4S/c1-23-15(20)13-4-3-12(16)11-14(13)24(21,22)18-5-2-8-19-9-6-17-7-10-19/h3-4,11,17-18H,2,5-10H2,1H3. The molecular formula is C15H22FN3O4S. The number of hydrogen-bond donors (Lipinski definition) is 2. The van der Waals surface area contributed by atoms with Gasteiger partial charge in [0.05, 0.1) is 17.6 Å². The van der Waals surface area contributed by atoms with Crippen LogP contribution in [0.15, 0.2) is 23.1 Å². The van der Waals surface area contributed by atoms with E-state index in [4.69, 9.17) is 0 Å². The number of rotatable bonds is 7. The second kappa shape index (κ2) is 8.52. The van der Waals surface area contributed by atoms with E-state index < -0.39 is 26.7 Å². The zero-order chi connectivity index (χ0) is 17.6. The molecule has 1 saturated heterocycles. The number of esters is 1. The van der Waals surface area contributed by atoms with E-state index >= 15 is 0 Å². The predicted molar refractivity (Wildman–Crippen MR) is 86.9 cm³/mol. The summed E-state index contributed by atoms with van der Waals surface area (Å²) in [7, 11) is -2.85. The monoisotopic (exact) mass is 359 g/mol. The van der Waals surface area contributed by atoms with Gasteiger partial charge in [0, 0.05) is 32.7 Å². The number of halogens is 1. The van der Waals surface area contributed by atoms with Crippen molar-refractivity contribution in [2.24, 2.45) is 0 Å². The average molecular weight is 359 g/mol. The fourth-order valence-corrected chi connectivity index (χ4v) is 3.80. The van der Waals surface area contributed by atoms with Gasteiger partial charge in [0.15, 0.2) is 0 Å². The van der Waals surface area contributed by atoms with Crippen LogP contribution in [-0.2, 0) is 14.8 Å². The van der Waals surface area contributed by atoms with Gasteiger partial charge in [0.25, 0.3) is 0 Å². The third-order valence-corrected chi connectivity index (χ3v) is 5.29. The lowest BCUT2D eigenvalue weighted by molar-refractivity contribution is 0.0596. The molecule has 1 aromatic carbocycles. The van der Waals surface area contributed by atoms with Gasteiger partial charge in [0.2, 0.25) is 10.0 Å². The van der Waals surface area contributed by atoms with Crippen molar-refractivity contribution in [1.82, 2.24) is 14.9 Å². The van der Waals surface area contributed by atoms with Crippen LogP contribution in [0.2, 0.25) is 0 Å².